The van der Waals surface area contributed by atoms with E-state index in [0.717, 1.165) is 4.57 Å². The second-order valence-electron chi connectivity index (χ2n) is 8.15. The van der Waals surface area contributed by atoms with Gasteiger partial charge in [0.2, 0.25) is 5.91 Å². The number of amides is 1. The molecule has 9 nitrogen and oxygen atoms in total. The maximum atomic E-state index is 13.6. The lowest BCUT2D eigenvalue weighted by Crippen LogP contribution is -2.45. The molecule has 0 aliphatic carbocycles. The number of carbonyl (C=O) groups is 1. The Balaban J connectivity index is 1.83. The maximum Gasteiger partial charge on any atom is 0.332 e. The van der Waals surface area contributed by atoms with E-state index in [1.165, 1.54) is 33.3 Å². The van der Waals surface area contributed by atoms with Crippen molar-refractivity contribution in [3.8, 4) is 17.2 Å². The van der Waals surface area contributed by atoms with Crippen LogP contribution in [0.5, 0.6) is 17.2 Å². The highest BCUT2D eigenvalue weighted by atomic mass is 16.5. The number of likely N-dealkylation sites (tertiary alicyclic amines) is 1. The van der Waals surface area contributed by atoms with Crippen LogP contribution in [0.4, 0.5) is 0 Å². The number of benzene rings is 2. The fraction of sp³-hybridized carbons (Fsp3) is 0.375. The van der Waals surface area contributed by atoms with Crippen molar-refractivity contribution in [1.29, 1.82) is 0 Å². The molecule has 2 heterocycles. The molecule has 1 aromatic heterocycles. The van der Waals surface area contributed by atoms with E-state index >= 15 is 0 Å². The Bertz CT molecular complexity index is 1320. The van der Waals surface area contributed by atoms with Crippen LogP contribution in [-0.2, 0) is 16.4 Å². The summed E-state index contributed by atoms with van der Waals surface area (Å²) in [5.74, 6) is 0.731. The van der Waals surface area contributed by atoms with Gasteiger partial charge in [0, 0.05) is 32.1 Å². The first kappa shape index (κ1) is 22.4. The summed E-state index contributed by atoms with van der Waals surface area (Å²) in [5, 5.41) is 12.2. The van der Waals surface area contributed by atoms with Crippen molar-refractivity contribution in [2.24, 2.45) is 0 Å². The second-order valence-corrected chi connectivity index (χ2v) is 8.15. The average molecular weight is 452 g/mol. The van der Waals surface area contributed by atoms with Gasteiger partial charge in [0.1, 0.15) is 0 Å². The van der Waals surface area contributed by atoms with Crippen molar-refractivity contribution in [3.63, 3.8) is 0 Å². The Morgan fingerprint density at radius 3 is 2.33 bits per heavy atom. The first-order valence-electron chi connectivity index (χ1n) is 10.8. The number of methoxy groups -OCH3 is 2. The van der Waals surface area contributed by atoms with Crippen molar-refractivity contribution in [2.45, 2.75) is 32.4 Å². The summed E-state index contributed by atoms with van der Waals surface area (Å²) in [6.07, 6.45) is 1.17. The molecule has 3 aromatic rings. The van der Waals surface area contributed by atoms with E-state index in [0.29, 0.717) is 48.5 Å². The first-order chi connectivity index (χ1) is 15.8. The predicted molar refractivity (Wildman–Crippen MR) is 122 cm³/mol. The van der Waals surface area contributed by atoms with Gasteiger partial charge in [-0.1, -0.05) is 6.07 Å². The zero-order chi connectivity index (χ0) is 23.7. The van der Waals surface area contributed by atoms with Gasteiger partial charge in [-0.25, -0.2) is 4.79 Å². The molecule has 9 heteroatoms. The molecule has 2 aromatic carbocycles. The van der Waals surface area contributed by atoms with Gasteiger partial charge in [-0.15, -0.1) is 0 Å². The van der Waals surface area contributed by atoms with Crippen molar-refractivity contribution in [1.82, 2.24) is 14.0 Å². The minimum Gasteiger partial charge on any atom is -0.493 e. The highest BCUT2D eigenvalue weighted by molar-refractivity contribution is 5.79. The zero-order valence-corrected chi connectivity index (χ0v) is 18.9. The quantitative estimate of drug-likeness (QED) is 0.592. The molecular formula is C24H26N3O6. The van der Waals surface area contributed by atoms with Crippen molar-refractivity contribution < 1.29 is 19.4 Å². The molecule has 0 bridgehead atoms. The Hall–Kier alpha value is -3.75. The average Bonchev–Trinajstić information content (AvgIpc) is 2.82. The van der Waals surface area contributed by atoms with Gasteiger partial charge in [-0.3, -0.25) is 23.8 Å². The molecule has 1 aliphatic rings. The summed E-state index contributed by atoms with van der Waals surface area (Å²) in [4.78, 5) is 40.3. The van der Waals surface area contributed by atoms with Crippen LogP contribution in [0, 0.1) is 0 Å². The molecule has 0 spiro atoms. The summed E-state index contributed by atoms with van der Waals surface area (Å²) in [6, 6.07) is 9.19. The number of carbonyl (C=O) groups excluding carboxylic acids is 1. The Morgan fingerprint density at radius 2 is 1.70 bits per heavy atom. The molecule has 1 amide bonds. The van der Waals surface area contributed by atoms with Gasteiger partial charge in [0.15, 0.2) is 17.2 Å². The summed E-state index contributed by atoms with van der Waals surface area (Å²) in [5.41, 5.74) is 0.166. The van der Waals surface area contributed by atoms with Gasteiger partial charge in [-0.2, -0.15) is 0 Å². The number of nitrogens with zero attached hydrogens (tertiary/aromatic N) is 3. The lowest BCUT2D eigenvalue weighted by molar-refractivity contribution is -0.130. The van der Waals surface area contributed by atoms with Gasteiger partial charge in [0.25, 0.3) is 5.56 Å². The topological polar surface area (TPSA) is 103 Å². The third-order valence-corrected chi connectivity index (χ3v) is 6.20. The maximum absolute atomic E-state index is 13.6. The van der Waals surface area contributed by atoms with Crippen LogP contribution in [0.25, 0.3) is 10.9 Å². The third kappa shape index (κ3) is 4.18. The largest absolute Gasteiger partial charge is 0.493 e. The molecule has 1 saturated heterocycles. The van der Waals surface area contributed by atoms with E-state index in [2.05, 4.69) is 0 Å². The SMILES string of the molecule is COc1ccc(Cn2c(=O)c3cc([O])ccc3n(C3CCN(C(C)=O)CC3)c2=O)cc1OC. The van der Waals surface area contributed by atoms with Gasteiger partial charge >= 0.3 is 5.69 Å². The fourth-order valence-corrected chi connectivity index (χ4v) is 4.45. The minimum absolute atomic E-state index is 0.0000693. The molecule has 0 saturated carbocycles. The number of ether oxygens (including phenoxy) is 2. The highest BCUT2D eigenvalue weighted by Crippen LogP contribution is 2.28. The molecule has 0 N–H and O–H groups in total. The van der Waals surface area contributed by atoms with E-state index in [4.69, 9.17) is 9.47 Å². The third-order valence-electron chi connectivity index (χ3n) is 6.20. The lowest BCUT2D eigenvalue weighted by Gasteiger charge is -2.33. The Kier molecular flexibility index (Phi) is 6.13. The number of piperidine rings is 1. The fourth-order valence-electron chi connectivity index (χ4n) is 4.45. The molecule has 1 fully saturated rings. The Labute approximate surface area is 190 Å². The van der Waals surface area contributed by atoms with E-state index < -0.39 is 11.2 Å². The number of aromatic nitrogens is 2. The zero-order valence-electron chi connectivity index (χ0n) is 18.9. The van der Waals surface area contributed by atoms with Gasteiger partial charge in [-0.05, 0) is 42.7 Å². The molecular weight excluding hydrogens is 426 g/mol. The number of hydrogen-bond donors (Lipinski definition) is 0. The van der Waals surface area contributed by atoms with Crippen LogP contribution in [0.15, 0.2) is 46.0 Å². The van der Waals surface area contributed by atoms with Crippen LogP contribution in [0.3, 0.4) is 0 Å². The van der Waals surface area contributed by atoms with Crippen molar-refractivity contribution >= 4 is 16.8 Å². The van der Waals surface area contributed by atoms with Crippen LogP contribution in [-0.4, -0.2) is 47.3 Å². The number of fused-ring (bicyclic) bond motifs is 1. The van der Waals surface area contributed by atoms with Gasteiger partial charge in [0.05, 0.1) is 31.7 Å². The monoisotopic (exact) mass is 452 g/mol. The highest BCUT2D eigenvalue weighted by Gasteiger charge is 2.26. The lowest BCUT2D eigenvalue weighted by atomic mass is 10.0. The standard InChI is InChI=1S/C24H26N3O6/c1-15(28)25-10-8-17(9-11-25)27-20-6-5-18(29)13-19(20)23(30)26(24(27)31)14-16-4-7-21(32-2)22(12-16)33-3/h4-7,12-13,17H,8-11,14H2,1-3H3. The minimum atomic E-state index is -0.514. The van der Waals surface area contributed by atoms with Crippen molar-refractivity contribution in [2.75, 3.05) is 27.3 Å². The second kappa shape index (κ2) is 9.01. The van der Waals surface area contributed by atoms with Crippen LogP contribution in [0.2, 0.25) is 0 Å². The Morgan fingerprint density at radius 1 is 1.00 bits per heavy atom. The van der Waals surface area contributed by atoms with E-state index in [1.54, 1.807) is 33.7 Å². The summed E-state index contributed by atoms with van der Waals surface area (Å²) in [7, 11) is 3.04. The van der Waals surface area contributed by atoms with E-state index in [9.17, 15) is 19.5 Å². The van der Waals surface area contributed by atoms with Gasteiger partial charge < -0.3 is 14.4 Å². The summed E-state index contributed by atoms with van der Waals surface area (Å²) in [6.45, 7) is 2.61. The molecule has 1 radical (unpaired) electrons. The smallest absolute Gasteiger partial charge is 0.332 e. The number of rotatable bonds is 5. The molecule has 33 heavy (non-hydrogen) atoms. The van der Waals surface area contributed by atoms with E-state index in [-0.39, 0.29) is 29.6 Å². The van der Waals surface area contributed by atoms with Crippen molar-refractivity contribution in [3.05, 3.63) is 62.8 Å². The molecule has 1 aliphatic heterocycles. The molecule has 0 atom stereocenters. The molecule has 173 valence electrons. The summed E-state index contributed by atoms with van der Waals surface area (Å²) < 4.78 is 13.4. The van der Waals surface area contributed by atoms with Crippen LogP contribution >= 0.6 is 0 Å². The predicted octanol–water partition coefficient (Wildman–Crippen LogP) is 2.56. The van der Waals surface area contributed by atoms with Crippen LogP contribution in [0.1, 0.15) is 31.4 Å². The normalized spacial score (nSPS) is 14.5. The summed E-state index contributed by atoms with van der Waals surface area (Å²) >= 11 is 0. The first-order valence-corrected chi connectivity index (χ1v) is 10.8. The van der Waals surface area contributed by atoms with E-state index in [1.807, 2.05) is 0 Å². The van der Waals surface area contributed by atoms with Crippen LogP contribution < -0.4 is 20.7 Å². The molecule has 0 unspecified atom stereocenters. The number of hydrogen-bond acceptors (Lipinski definition) is 5. The molecule has 4 rings (SSSR count).